The molecule has 0 amide bonds. The summed E-state index contributed by atoms with van der Waals surface area (Å²) in [4.78, 5) is 0. The van der Waals surface area contributed by atoms with Crippen molar-refractivity contribution in [1.82, 2.24) is 15.1 Å². The molecule has 1 aliphatic rings. The van der Waals surface area contributed by atoms with Gasteiger partial charge in [-0.2, -0.15) is 5.10 Å². The molecule has 1 N–H and O–H groups in total. The first-order chi connectivity index (χ1) is 8.19. The van der Waals surface area contributed by atoms with E-state index in [4.69, 9.17) is 4.74 Å². The summed E-state index contributed by atoms with van der Waals surface area (Å²) in [5, 5.41) is 7.94. The number of hydrogen-bond donors (Lipinski definition) is 1. The second-order valence-electron chi connectivity index (χ2n) is 5.03. The van der Waals surface area contributed by atoms with E-state index in [1.54, 1.807) is 7.11 Å². The smallest absolute Gasteiger partial charge is 0.161 e. The van der Waals surface area contributed by atoms with E-state index in [0.717, 1.165) is 30.6 Å². The highest BCUT2D eigenvalue weighted by atomic mass is 16.5. The van der Waals surface area contributed by atoms with Gasteiger partial charge in [0.1, 0.15) is 0 Å². The van der Waals surface area contributed by atoms with E-state index in [0.29, 0.717) is 6.04 Å². The molecule has 4 nitrogen and oxygen atoms in total. The van der Waals surface area contributed by atoms with Gasteiger partial charge in [-0.3, -0.25) is 4.68 Å². The Morgan fingerprint density at radius 3 is 2.88 bits per heavy atom. The third-order valence-corrected chi connectivity index (χ3v) is 3.68. The summed E-state index contributed by atoms with van der Waals surface area (Å²) in [6.07, 6.45) is 4.26. The van der Waals surface area contributed by atoms with Gasteiger partial charge in [-0.1, -0.05) is 13.8 Å². The molecule has 17 heavy (non-hydrogen) atoms. The first-order valence-electron chi connectivity index (χ1n) is 6.48. The lowest BCUT2D eigenvalue weighted by Crippen LogP contribution is -2.26. The molecule has 1 aliphatic carbocycles. The van der Waals surface area contributed by atoms with Crippen LogP contribution in [0.5, 0.6) is 5.75 Å². The van der Waals surface area contributed by atoms with Crippen LogP contribution < -0.4 is 10.1 Å². The first kappa shape index (κ1) is 12.4. The Kier molecular flexibility index (Phi) is 3.72. The highest BCUT2D eigenvalue weighted by Crippen LogP contribution is 2.48. The van der Waals surface area contributed by atoms with Gasteiger partial charge in [0.25, 0.3) is 0 Å². The molecule has 1 fully saturated rings. The van der Waals surface area contributed by atoms with Crippen LogP contribution in [0.3, 0.4) is 0 Å². The molecular formula is C13H23N3O. The summed E-state index contributed by atoms with van der Waals surface area (Å²) in [5.41, 5.74) is 1.19. The van der Waals surface area contributed by atoms with Gasteiger partial charge in [-0.25, -0.2) is 0 Å². The standard InChI is InChI=1S/C13H23N3O/c1-5-6-14-12(10-7-9(10)2)13-11(17-4)8-15-16(13)3/h8-10,12,14H,5-7H2,1-4H3. The van der Waals surface area contributed by atoms with Crippen LogP contribution in [0.25, 0.3) is 0 Å². The normalized spacial score (nSPS) is 24.7. The molecule has 0 aromatic carbocycles. The van der Waals surface area contributed by atoms with Gasteiger partial charge in [0, 0.05) is 7.05 Å². The predicted octanol–water partition coefficient (Wildman–Crippen LogP) is 2.13. The van der Waals surface area contributed by atoms with Gasteiger partial charge in [0.2, 0.25) is 0 Å². The minimum absolute atomic E-state index is 0.382. The summed E-state index contributed by atoms with van der Waals surface area (Å²) in [5.74, 6) is 2.44. The number of hydrogen-bond acceptors (Lipinski definition) is 3. The van der Waals surface area contributed by atoms with Crippen molar-refractivity contribution in [3.05, 3.63) is 11.9 Å². The Morgan fingerprint density at radius 2 is 2.35 bits per heavy atom. The molecule has 1 heterocycles. The lowest BCUT2D eigenvalue weighted by Gasteiger charge is -2.20. The van der Waals surface area contributed by atoms with Gasteiger partial charge in [-0.05, 0) is 31.2 Å². The van der Waals surface area contributed by atoms with Crippen molar-refractivity contribution in [3.63, 3.8) is 0 Å². The number of rotatable bonds is 6. The van der Waals surface area contributed by atoms with Gasteiger partial charge >= 0.3 is 0 Å². The molecule has 3 unspecified atom stereocenters. The van der Waals surface area contributed by atoms with Gasteiger partial charge in [-0.15, -0.1) is 0 Å². The van der Waals surface area contributed by atoms with Crippen LogP contribution in [0.1, 0.15) is 38.4 Å². The summed E-state index contributed by atoms with van der Waals surface area (Å²) in [7, 11) is 3.71. The molecule has 0 radical (unpaired) electrons. The summed E-state index contributed by atoms with van der Waals surface area (Å²) >= 11 is 0. The van der Waals surface area contributed by atoms with Crippen molar-refractivity contribution >= 4 is 0 Å². The van der Waals surface area contributed by atoms with Crippen molar-refractivity contribution in [2.45, 2.75) is 32.7 Å². The second-order valence-corrected chi connectivity index (χ2v) is 5.03. The number of aromatic nitrogens is 2. The van der Waals surface area contributed by atoms with Crippen molar-refractivity contribution in [1.29, 1.82) is 0 Å². The van der Waals surface area contributed by atoms with E-state index in [-0.39, 0.29) is 0 Å². The minimum atomic E-state index is 0.382. The van der Waals surface area contributed by atoms with Crippen LogP contribution in [0.2, 0.25) is 0 Å². The second kappa shape index (κ2) is 5.08. The maximum Gasteiger partial charge on any atom is 0.161 e. The molecule has 1 aromatic heterocycles. The molecule has 4 heteroatoms. The van der Waals surface area contributed by atoms with E-state index in [9.17, 15) is 0 Å². The fourth-order valence-corrected chi connectivity index (χ4v) is 2.50. The Balaban J connectivity index is 2.21. The number of methoxy groups -OCH3 is 1. The van der Waals surface area contributed by atoms with E-state index in [1.807, 2.05) is 17.9 Å². The van der Waals surface area contributed by atoms with Gasteiger partial charge in [0.05, 0.1) is 25.0 Å². The van der Waals surface area contributed by atoms with Gasteiger partial charge < -0.3 is 10.1 Å². The number of nitrogens with one attached hydrogen (secondary N) is 1. The van der Waals surface area contributed by atoms with E-state index >= 15 is 0 Å². The molecule has 1 saturated carbocycles. The van der Waals surface area contributed by atoms with Crippen LogP contribution in [-0.2, 0) is 7.05 Å². The summed E-state index contributed by atoms with van der Waals surface area (Å²) in [6, 6.07) is 0.382. The fraction of sp³-hybridized carbons (Fsp3) is 0.769. The lowest BCUT2D eigenvalue weighted by molar-refractivity contribution is 0.378. The van der Waals surface area contributed by atoms with Gasteiger partial charge in [0.15, 0.2) is 5.75 Å². The molecule has 0 spiro atoms. The molecule has 96 valence electrons. The largest absolute Gasteiger partial charge is 0.493 e. The van der Waals surface area contributed by atoms with Crippen LogP contribution in [0, 0.1) is 11.8 Å². The first-order valence-corrected chi connectivity index (χ1v) is 6.48. The predicted molar refractivity (Wildman–Crippen MR) is 68.1 cm³/mol. The third kappa shape index (κ3) is 2.46. The Bertz CT molecular complexity index is 375. The molecule has 1 aromatic rings. The zero-order valence-corrected chi connectivity index (χ0v) is 11.2. The van der Waals surface area contributed by atoms with Crippen molar-refractivity contribution in [2.75, 3.05) is 13.7 Å². The quantitative estimate of drug-likeness (QED) is 0.823. The highest BCUT2D eigenvalue weighted by Gasteiger charge is 2.42. The third-order valence-electron chi connectivity index (χ3n) is 3.68. The SMILES string of the molecule is CCCNC(c1c(OC)cnn1C)C1CC1C. The fourth-order valence-electron chi connectivity index (χ4n) is 2.50. The monoisotopic (exact) mass is 237 g/mol. The Labute approximate surface area is 103 Å². The minimum Gasteiger partial charge on any atom is -0.493 e. The topological polar surface area (TPSA) is 39.1 Å². The Hall–Kier alpha value is -1.03. The van der Waals surface area contributed by atoms with E-state index in [2.05, 4.69) is 24.3 Å². The van der Waals surface area contributed by atoms with Crippen LogP contribution in [0.4, 0.5) is 0 Å². The molecular weight excluding hydrogens is 214 g/mol. The maximum absolute atomic E-state index is 5.42. The average Bonchev–Trinajstić information content (AvgIpc) is 2.92. The number of aryl methyl sites for hydroxylation is 1. The zero-order chi connectivity index (χ0) is 12.4. The number of ether oxygens (including phenoxy) is 1. The average molecular weight is 237 g/mol. The van der Waals surface area contributed by atoms with Crippen LogP contribution in [-0.4, -0.2) is 23.4 Å². The lowest BCUT2D eigenvalue weighted by atomic mass is 10.1. The molecule has 0 aliphatic heterocycles. The van der Waals surface area contributed by atoms with Crippen LogP contribution >= 0.6 is 0 Å². The van der Waals surface area contributed by atoms with E-state index in [1.165, 1.54) is 12.1 Å². The van der Waals surface area contributed by atoms with E-state index < -0.39 is 0 Å². The molecule has 2 rings (SSSR count). The molecule has 0 saturated heterocycles. The summed E-state index contributed by atoms with van der Waals surface area (Å²) < 4.78 is 7.36. The maximum atomic E-state index is 5.42. The van der Waals surface area contributed by atoms with Crippen LogP contribution in [0.15, 0.2) is 6.20 Å². The highest BCUT2D eigenvalue weighted by molar-refractivity contribution is 5.30. The Morgan fingerprint density at radius 1 is 1.65 bits per heavy atom. The van der Waals surface area contributed by atoms with Crippen molar-refractivity contribution in [3.8, 4) is 5.75 Å². The molecule has 3 atom stereocenters. The van der Waals surface area contributed by atoms with Crippen molar-refractivity contribution in [2.24, 2.45) is 18.9 Å². The summed E-state index contributed by atoms with van der Waals surface area (Å²) in [6.45, 7) is 5.55. The zero-order valence-electron chi connectivity index (χ0n) is 11.2. The molecule has 0 bridgehead atoms. The van der Waals surface area contributed by atoms with Crippen molar-refractivity contribution < 1.29 is 4.74 Å². The number of nitrogens with zero attached hydrogens (tertiary/aromatic N) is 2.